The van der Waals surface area contributed by atoms with Crippen LogP contribution in [-0.2, 0) is 0 Å². The smallest absolute Gasteiger partial charge is 0.253 e. The van der Waals surface area contributed by atoms with E-state index in [0.29, 0.717) is 17.4 Å². The van der Waals surface area contributed by atoms with Crippen molar-refractivity contribution in [1.82, 2.24) is 10.3 Å². The number of nitrogens with one attached hydrogen (secondary N) is 1. The number of carbonyl (C=O) groups excluding carboxylic acids is 1. The van der Waals surface area contributed by atoms with Crippen LogP contribution in [0.3, 0.4) is 0 Å². The molecule has 1 aromatic heterocycles. The van der Waals surface area contributed by atoms with Crippen molar-refractivity contribution in [2.75, 3.05) is 0 Å². The Morgan fingerprint density at radius 2 is 1.88 bits per heavy atom. The van der Waals surface area contributed by atoms with Crippen molar-refractivity contribution in [2.24, 2.45) is 5.92 Å². The Labute approximate surface area is 149 Å². The molecule has 5 heteroatoms. The van der Waals surface area contributed by atoms with Gasteiger partial charge in [-0.1, -0.05) is 38.1 Å². The summed E-state index contributed by atoms with van der Waals surface area (Å²) in [6, 6.07) is 14.7. The van der Waals surface area contributed by atoms with Gasteiger partial charge in [-0.15, -0.1) is 0 Å². The molecule has 0 radical (unpaired) electrons. The summed E-state index contributed by atoms with van der Waals surface area (Å²) in [5.74, 6) is 0.796. The lowest BCUT2D eigenvalue weighted by Crippen LogP contribution is -2.30. The predicted octanol–water partition coefficient (Wildman–Crippen LogP) is 5.11. The number of carbonyl (C=O) groups is 1. The molecule has 2 aromatic carbocycles. The van der Waals surface area contributed by atoms with Gasteiger partial charge in [0.25, 0.3) is 5.91 Å². The average Bonchev–Trinajstić information content (AvgIpc) is 2.98. The van der Waals surface area contributed by atoms with Crippen molar-refractivity contribution in [3.05, 3.63) is 64.5 Å². The summed E-state index contributed by atoms with van der Waals surface area (Å²) >= 11 is 3.42. The lowest BCUT2D eigenvalue weighted by Gasteiger charge is -2.18. The zero-order chi connectivity index (χ0) is 17.1. The Hall–Kier alpha value is -2.14. The van der Waals surface area contributed by atoms with E-state index in [1.165, 1.54) is 0 Å². The summed E-state index contributed by atoms with van der Waals surface area (Å²) in [5, 5.41) is 3.06. The van der Waals surface area contributed by atoms with Crippen LogP contribution in [0.4, 0.5) is 0 Å². The molecule has 0 saturated heterocycles. The maximum Gasteiger partial charge on any atom is 0.253 e. The molecule has 1 atom stereocenters. The van der Waals surface area contributed by atoms with Crippen molar-refractivity contribution in [1.29, 1.82) is 0 Å². The normalized spacial score (nSPS) is 12.5. The van der Waals surface area contributed by atoms with Gasteiger partial charge in [-0.2, -0.15) is 0 Å². The number of fused-ring (bicyclic) bond motifs is 1. The molecule has 3 aromatic rings. The number of hydrogen-bond donors (Lipinski definition) is 1. The maximum atomic E-state index is 12.6. The molecule has 0 spiro atoms. The largest absolute Gasteiger partial charge is 0.438 e. The first kappa shape index (κ1) is 16.7. The van der Waals surface area contributed by atoms with E-state index >= 15 is 0 Å². The molecule has 0 aliphatic carbocycles. The minimum atomic E-state index is -0.267. The molecule has 1 N–H and O–H groups in total. The van der Waals surface area contributed by atoms with Crippen LogP contribution in [0, 0.1) is 5.92 Å². The van der Waals surface area contributed by atoms with E-state index in [-0.39, 0.29) is 11.9 Å². The van der Waals surface area contributed by atoms with Crippen LogP contribution < -0.4 is 5.32 Å². The van der Waals surface area contributed by atoms with Gasteiger partial charge in [-0.25, -0.2) is 4.98 Å². The van der Waals surface area contributed by atoms with E-state index in [1.54, 1.807) is 6.07 Å². The van der Waals surface area contributed by atoms with Crippen molar-refractivity contribution in [3.63, 3.8) is 0 Å². The number of para-hydroxylation sites is 2. The third kappa shape index (κ3) is 3.67. The fourth-order valence-electron chi connectivity index (χ4n) is 2.61. The fraction of sp³-hybridized carbons (Fsp3) is 0.263. The number of oxazole rings is 1. The highest BCUT2D eigenvalue weighted by atomic mass is 79.9. The van der Waals surface area contributed by atoms with Crippen LogP contribution in [0.25, 0.3) is 11.1 Å². The first-order valence-corrected chi connectivity index (χ1v) is 8.74. The number of aromatic nitrogens is 1. The molecule has 0 fully saturated rings. The second-order valence-corrected chi connectivity index (χ2v) is 7.01. The summed E-state index contributed by atoms with van der Waals surface area (Å²) in [4.78, 5) is 17.2. The number of amides is 1. The van der Waals surface area contributed by atoms with E-state index in [0.717, 1.165) is 22.0 Å². The van der Waals surface area contributed by atoms with Gasteiger partial charge >= 0.3 is 0 Å². The van der Waals surface area contributed by atoms with Crippen molar-refractivity contribution in [3.8, 4) is 0 Å². The van der Waals surface area contributed by atoms with E-state index in [9.17, 15) is 4.79 Å². The zero-order valence-corrected chi connectivity index (χ0v) is 15.2. The number of halogens is 1. The van der Waals surface area contributed by atoms with Crippen LogP contribution in [0.2, 0.25) is 0 Å². The minimum absolute atomic E-state index is 0.143. The summed E-state index contributed by atoms with van der Waals surface area (Å²) in [5.41, 5.74) is 2.13. The molecule has 24 heavy (non-hydrogen) atoms. The van der Waals surface area contributed by atoms with Gasteiger partial charge in [0.15, 0.2) is 5.58 Å². The zero-order valence-electron chi connectivity index (χ0n) is 13.6. The first-order valence-electron chi connectivity index (χ1n) is 7.95. The Balaban J connectivity index is 1.89. The molecule has 0 unspecified atom stereocenters. The SMILES string of the molecule is CC(C)C[C@H](NC(=O)c1ccccc1Br)c1nc2ccccc2o1. The average molecular weight is 387 g/mol. The third-order valence-electron chi connectivity index (χ3n) is 3.74. The number of hydrogen-bond acceptors (Lipinski definition) is 3. The molecule has 1 heterocycles. The monoisotopic (exact) mass is 386 g/mol. The van der Waals surface area contributed by atoms with Crippen molar-refractivity contribution in [2.45, 2.75) is 26.3 Å². The van der Waals surface area contributed by atoms with E-state index in [1.807, 2.05) is 42.5 Å². The van der Waals surface area contributed by atoms with Crippen LogP contribution in [0.1, 0.15) is 42.6 Å². The lowest BCUT2D eigenvalue weighted by atomic mass is 10.0. The topological polar surface area (TPSA) is 55.1 Å². The molecule has 0 bridgehead atoms. The highest BCUT2D eigenvalue weighted by molar-refractivity contribution is 9.10. The van der Waals surface area contributed by atoms with Gasteiger partial charge in [-0.05, 0) is 52.5 Å². The van der Waals surface area contributed by atoms with Gasteiger partial charge in [0.2, 0.25) is 5.89 Å². The van der Waals surface area contributed by atoms with Crippen molar-refractivity contribution < 1.29 is 9.21 Å². The molecule has 4 nitrogen and oxygen atoms in total. The minimum Gasteiger partial charge on any atom is -0.438 e. The quantitative estimate of drug-likeness (QED) is 0.662. The Morgan fingerprint density at radius 3 is 2.58 bits per heavy atom. The molecular weight excluding hydrogens is 368 g/mol. The third-order valence-corrected chi connectivity index (χ3v) is 4.43. The Kier molecular flexibility index (Phi) is 5.00. The van der Waals surface area contributed by atoms with Gasteiger partial charge in [0.1, 0.15) is 11.6 Å². The molecule has 0 saturated carbocycles. The maximum absolute atomic E-state index is 12.6. The van der Waals surface area contributed by atoms with Gasteiger partial charge in [-0.3, -0.25) is 4.79 Å². The lowest BCUT2D eigenvalue weighted by molar-refractivity contribution is 0.0924. The van der Waals surface area contributed by atoms with Crippen LogP contribution in [0.15, 0.2) is 57.4 Å². The molecule has 3 rings (SSSR count). The Bertz CT molecular complexity index is 824. The fourth-order valence-corrected chi connectivity index (χ4v) is 3.08. The summed E-state index contributed by atoms with van der Waals surface area (Å²) in [7, 11) is 0. The van der Waals surface area contributed by atoms with Gasteiger partial charge < -0.3 is 9.73 Å². The Morgan fingerprint density at radius 1 is 1.17 bits per heavy atom. The van der Waals surface area contributed by atoms with Crippen LogP contribution in [-0.4, -0.2) is 10.9 Å². The molecule has 0 aliphatic rings. The molecular formula is C19H19BrN2O2. The highest BCUT2D eigenvalue weighted by Gasteiger charge is 2.23. The summed E-state index contributed by atoms with van der Waals surface area (Å²) in [6.45, 7) is 4.22. The second kappa shape index (κ2) is 7.18. The van der Waals surface area contributed by atoms with Crippen molar-refractivity contribution >= 4 is 32.9 Å². The predicted molar refractivity (Wildman–Crippen MR) is 97.8 cm³/mol. The summed E-state index contributed by atoms with van der Waals surface area (Å²) < 4.78 is 6.63. The second-order valence-electron chi connectivity index (χ2n) is 6.16. The molecule has 1 amide bonds. The molecule has 0 aliphatic heterocycles. The number of nitrogens with zero attached hydrogens (tertiary/aromatic N) is 1. The number of benzene rings is 2. The van der Waals surface area contributed by atoms with E-state index < -0.39 is 0 Å². The first-order chi connectivity index (χ1) is 11.5. The summed E-state index contributed by atoms with van der Waals surface area (Å²) in [6.07, 6.45) is 0.753. The van der Waals surface area contributed by atoms with Crippen LogP contribution in [0.5, 0.6) is 0 Å². The molecule has 124 valence electrons. The number of rotatable bonds is 5. The van der Waals surface area contributed by atoms with E-state index in [2.05, 4.69) is 40.1 Å². The van der Waals surface area contributed by atoms with E-state index in [4.69, 9.17) is 4.42 Å². The standard InChI is InChI=1S/C19H19BrN2O2/c1-12(2)11-16(19-22-15-9-5-6-10-17(15)24-19)21-18(23)13-7-3-4-8-14(13)20/h3-10,12,16H,11H2,1-2H3,(H,21,23)/t16-/m0/s1. The van der Waals surface area contributed by atoms with Gasteiger partial charge in [0.05, 0.1) is 5.56 Å². The van der Waals surface area contributed by atoms with Gasteiger partial charge in [0, 0.05) is 4.47 Å². The van der Waals surface area contributed by atoms with Crippen LogP contribution >= 0.6 is 15.9 Å². The highest BCUT2D eigenvalue weighted by Crippen LogP contribution is 2.26.